The fraction of sp³-hybridized carbons (Fsp3) is 0. The van der Waals surface area contributed by atoms with Crippen molar-refractivity contribution in [3.63, 3.8) is 0 Å². The van der Waals surface area contributed by atoms with Crippen LogP contribution in [0.25, 0.3) is 120 Å². The predicted molar refractivity (Wildman–Crippen MR) is 226 cm³/mol. The van der Waals surface area contributed by atoms with Crippen LogP contribution in [0.4, 0.5) is 0 Å². The van der Waals surface area contributed by atoms with E-state index in [2.05, 4.69) is 179 Å². The van der Waals surface area contributed by atoms with Crippen LogP contribution in [0.2, 0.25) is 0 Å². The van der Waals surface area contributed by atoms with Crippen molar-refractivity contribution in [1.29, 1.82) is 0 Å². The molecule has 13 rings (SSSR count). The molecule has 9 aromatic carbocycles. The SMILES string of the molecule is c1ccc2cc(-c3nc(-n4c5ccccc5c5c6c7ccccc7n7c8c9ccccc9ccc8c(cc54)c67)nc4ccc5ccccc5c34)ccc2c1. The van der Waals surface area contributed by atoms with Crippen molar-refractivity contribution in [2.75, 3.05) is 0 Å². The topological polar surface area (TPSA) is 35.1 Å². The van der Waals surface area contributed by atoms with Gasteiger partial charge in [0.1, 0.15) is 0 Å². The van der Waals surface area contributed by atoms with Crippen LogP contribution in [0.1, 0.15) is 0 Å². The molecule has 248 valence electrons. The van der Waals surface area contributed by atoms with E-state index in [4.69, 9.17) is 9.97 Å². The van der Waals surface area contributed by atoms with Gasteiger partial charge in [-0.2, -0.15) is 0 Å². The summed E-state index contributed by atoms with van der Waals surface area (Å²) in [6, 6.07) is 61.5. The lowest BCUT2D eigenvalue weighted by atomic mass is 9.98. The molecular weight excluding hydrogens is 657 g/mol. The first kappa shape index (κ1) is 28.3. The maximum Gasteiger partial charge on any atom is 0.235 e. The first-order valence-electron chi connectivity index (χ1n) is 18.5. The number of benzene rings is 9. The Balaban J connectivity index is 1.23. The third-order valence-corrected chi connectivity index (χ3v) is 11.8. The zero-order chi connectivity index (χ0) is 35.1. The quantitative estimate of drug-likeness (QED) is 0.170. The molecule has 0 spiro atoms. The van der Waals surface area contributed by atoms with E-state index in [9.17, 15) is 0 Å². The van der Waals surface area contributed by atoms with Crippen LogP contribution in [0.15, 0.2) is 170 Å². The zero-order valence-electron chi connectivity index (χ0n) is 29.0. The van der Waals surface area contributed by atoms with Crippen LogP contribution in [-0.2, 0) is 0 Å². The summed E-state index contributed by atoms with van der Waals surface area (Å²) < 4.78 is 4.82. The van der Waals surface area contributed by atoms with Crippen molar-refractivity contribution in [1.82, 2.24) is 18.9 Å². The van der Waals surface area contributed by atoms with Crippen LogP contribution in [0.3, 0.4) is 0 Å². The summed E-state index contributed by atoms with van der Waals surface area (Å²) in [4.78, 5) is 11.0. The van der Waals surface area contributed by atoms with Gasteiger partial charge in [-0.25, -0.2) is 9.97 Å². The molecular formula is C50H28N4. The fourth-order valence-electron chi connectivity index (χ4n) is 9.51. The Bertz CT molecular complexity index is 3740. The lowest BCUT2D eigenvalue weighted by Crippen LogP contribution is -2.04. The average Bonchev–Trinajstić information content (AvgIpc) is 3.87. The molecule has 0 fully saturated rings. The summed E-state index contributed by atoms with van der Waals surface area (Å²) in [6.07, 6.45) is 0. The minimum atomic E-state index is 0.666. The van der Waals surface area contributed by atoms with E-state index in [-0.39, 0.29) is 0 Å². The van der Waals surface area contributed by atoms with Gasteiger partial charge >= 0.3 is 0 Å². The Morgan fingerprint density at radius 1 is 0.352 bits per heavy atom. The van der Waals surface area contributed by atoms with E-state index < -0.39 is 0 Å². The average molecular weight is 685 g/mol. The van der Waals surface area contributed by atoms with Gasteiger partial charge in [0.2, 0.25) is 5.95 Å². The van der Waals surface area contributed by atoms with Gasteiger partial charge in [0.05, 0.1) is 38.8 Å². The second kappa shape index (κ2) is 10.2. The zero-order valence-corrected chi connectivity index (χ0v) is 29.0. The van der Waals surface area contributed by atoms with Crippen molar-refractivity contribution in [2.45, 2.75) is 0 Å². The van der Waals surface area contributed by atoms with Crippen LogP contribution in [0, 0.1) is 0 Å². The van der Waals surface area contributed by atoms with E-state index in [0.717, 1.165) is 38.6 Å². The lowest BCUT2D eigenvalue weighted by Gasteiger charge is -2.14. The smallest absolute Gasteiger partial charge is 0.235 e. The van der Waals surface area contributed by atoms with Gasteiger partial charge in [0, 0.05) is 48.7 Å². The van der Waals surface area contributed by atoms with Crippen LogP contribution >= 0.6 is 0 Å². The van der Waals surface area contributed by atoms with Gasteiger partial charge in [0.25, 0.3) is 0 Å². The predicted octanol–water partition coefficient (Wildman–Crippen LogP) is 13.0. The fourth-order valence-corrected chi connectivity index (χ4v) is 9.51. The highest BCUT2D eigenvalue weighted by Crippen LogP contribution is 2.48. The number of hydrogen-bond acceptors (Lipinski definition) is 2. The van der Waals surface area contributed by atoms with E-state index in [1.165, 1.54) is 75.8 Å². The maximum atomic E-state index is 5.60. The number of para-hydroxylation sites is 2. The Morgan fingerprint density at radius 2 is 0.981 bits per heavy atom. The highest BCUT2D eigenvalue weighted by molar-refractivity contribution is 6.37. The summed E-state index contributed by atoms with van der Waals surface area (Å²) in [5.74, 6) is 0.666. The molecule has 4 nitrogen and oxygen atoms in total. The van der Waals surface area contributed by atoms with E-state index in [0.29, 0.717) is 5.95 Å². The normalized spacial score (nSPS) is 12.4. The molecule has 0 bridgehead atoms. The van der Waals surface area contributed by atoms with Crippen LogP contribution < -0.4 is 0 Å². The molecule has 4 heteroatoms. The summed E-state index contributed by atoms with van der Waals surface area (Å²) in [7, 11) is 0. The number of nitrogens with zero attached hydrogens (tertiary/aromatic N) is 4. The van der Waals surface area contributed by atoms with Crippen molar-refractivity contribution < 1.29 is 0 Å². The van der Waals surface area contributed by atoms with E-state index in [1.807, 2.05) is 0 Å². The highest BCUT2D eigenvalue weighted by atomic mass is 15.2. The Labute approximate surface area is 308 Å². The molecule has 0 atom stereocenters. The molecule has 0 saturated heterocycles. The van der Waals surface area contributed by atoms with E-state index >= 15 is 0 Å². The molecule has 0 radical (unpaired) electrons. The summed E-state index contributed by atoms with van der Waals surface area (Å²) in [6.45, 7) is 0. The van der Waals surface area contributed by atoms with E-state index in [1.54, 1.807) is 0 Å². The molecule has 13 aromatic rings. The molecule has 0 aliphatic rings. The molecule has 0 saturated carbocycles. The number of fused-ring (bicyclic) bond motifs is 16. The monoisotopic (exact) mass is 684 g/mol. The number of rotatable bonds is 2. The highest BCUT2D eigenvalue weighted by Gasteiger charge is 2.26. The van der Waals surface area contributed by atoms with Crippen LogP contribution in [0.5, 0.6) is 0 Å². The Hall–Kier alpha value is -7.30. The third kappa shape index (κ3) is 3.57. The van der Waals surface area contributed by atoms with Crippen molar-refractivity contribution >= 4 is 103 Å². The molecule has 0 aliphatic carbocycles. The second-order valence-electron chi connectivity index (χ2n) is 14.5. The van der Waals surface area contributed by atoms with Crippen LogP contribution in [-0.4, -0.2) is 18.9 Å². The second-order valence-corrected chi connectivity index (χ2v) is 14.5. The van der Waals surface area contributed by atoms with Gasteiger partial charge in [-0.1, -0.05) is 140 Å². The first-order valence-corrected chi connectivity index (χ1v) is 18.5. The minimum Gasteiger partial charge on any atom is -0.307 e. The summed E-state index contributed by atoms with van der Waals surface area (Å²) in [5, 5.41) is 15.7. The first-order chi connectivity index (χ1) is 26.8. The van der Waals surface area contributed by atoms with Crippen molar-refractivity contribution in [3.05, 3.63) is 170 Å². The largest absolute Gasteiger partial charge is 0.307 e. The van der Waals surface area contributed by atoms with Gasteiger partial charge in [-0.15, -0.1) is 0 Å². The number of hydrogen-bond donors (Lipinski definition) is 0. The van der Waals surface area contributed by atoms with Gasteiger partial charge in [-0.05, 0) is 57.3 Å². The minimum absolute atomic E-state index is 0.666. The van der Waals surface area contributed by atoms with Gasteiger partial charge < -0.3 is 4.40 Å². The molecule has 0 aliphatic heterocycles. The maximum absolute atomic E-state index is 5.60. The lowest BCUT2D eigenvalue weighted by molar-refractivity contribution is 1.02. The molecule has 0 amide bonds. The molecule has 0 unspecified atom stereocenters. The number of aromatic nitrogens is 4. The molecule has 0 N–H and O–H groups in total. The summed E-state index contributed by atoms with van der Waals surface area (Å²) >= 11 is 0. The van der Waals surface area contributed by atoms with Gasteiger partial charge in [-0.3, -0.25) is 4.57 Å². The Morgan fingerprint density at radius 3 is 1.81 bits per heavy atom. The molecule has 4 aromatic heterocycles. The van der Waals surface area contributed by atoms with Gasteiger partial charge in [0.15, 0.2) is 0 Å². The molecule has 4 heterocycles. The Kier molecular flexibility index (Phi) is 5.34. The standard InChI is InChI=1S/C50H28N4/c1-2-14-32-27-33(22-21-29(32)11-1)47-44-34-15-5-3-12-30(34)24-26-40(44)51-50(52-47)53-41-19-9-7-17-37(41)45-43(53)28-39-36-25-23-31-13-4-6-16-35(31)48(36)54-42-20-10-8-18-38(42)46(45)49(39)54/h1-28H. The molecule has 54 heavy (non-hydrogen) atoms. The summed E-state index contributed by atoms with van der Waals surface area (Å²) in [5.41, 5.74) is 8.86. The van der Waals surface area contributed by atoms with Crippen molar-refractivity contribution in [2.24, 2.45) is 0 Å². The third-order valence-electron chi connectivity index (χ3n) is 11.8. The van der Waals surface area contributed by atoms with Crippen molar-refractivity contribution in [3.8, 4) is 17.2 Å².